The Morgan fingerprint density at radius 3 is 2.11 bits per heavy atom. The van der Waals surface area contributed by atoms with Gasteiger partial charge in [0.25, 0.3) is 0 Å². The van der Waals surface area contributed by atoms with Crippen LogP contribution >= 0.6 is 12.6 Å². The topological polar surface area (TPSA) is 74.6 Å². The molecule has 96 valence electrons. The van der Waals surface area contributed by atoms with Crippen LogP contribution in [-0.2, 0) is 0 Å². The molecule has 0 saturated carbocycles. The standard InChI is InChI=1S/C14H10O4S/c15-13(16)10-5-2-1-4-8(10)9-6-3-7-11(19)12(9)14(17)18/h1-7,19H,(H,15,16)(H,17,18). The molecule has 2 aromatic carbocycles. The van der Waals surface area contributed by atoms with Crippen molar-refractivity contribution in [3.63, 3.8) is 0 Å². The zero-order chi connectivity index (χ0) is 14.0. The predicted molar refractivity (Wildman–Crippen MR) is 73.0 cm³/mol. The molecular weight excluding hydrogens is 264 g/mol. The lowest BCUT2D eigenvalue weighted by molar-refractivity contribution is 0.0682. The van der Waals surface area contributed by atoms with E-state index in [0.717, 1.165) is 0 Å². The largest absolute Gasteiger partial charge is 0.478 e. The highest BCUT2D eigenvalue weighted by Gasteiger charge is 2.18. The van der Waals surface area contributed by atoms with E-state index in [9.17, 15) is 14.7 Å². The molecule has 0 amide bonds. The number of carboxylic acids is 2. The van der Waals surface area contributed by atoms with Crippen LogP contribution in [0.1, 0.15) is 20.7 Å². The van der Waals surface area contributed by atoms with Crippen LogP contribution in [-0.4, -0.2) is 22.2 Å². The number of hydrogen-bond donors (Lipinski definition) is 3. The third-order valence-corrected chi connectivity index (χ3v) is 3.08. The van der Waals surface area contributed by atoms with E-state index in [-0.39, 0.29) is 11.1 Å². The van der Waals surface area contributed by atoms with Gasteiger partial charge in [-0.3, -0.25) is 0 Å². The molecule has 0 aromatic heterocycles. The highest BCUT2D eigenvalue weighted by atomic mass is 32.1. The summed E-state index contributed by atoms with van der Waals surface area (Å²) in [7, 11) is 0. The molecule has 0 atom stereocenters. The molecule has 4 nitrogen and oxygen atoms in total. The second-order valence-electron chi connectivity index (χ2n) is 3.86. The van der Waals surface area contributed by atoms with Crippen molar-refractivity contribution in [1.29, 1.82) is 0 Å². The summed E-state index contributed by atoms with van der Waals surface area (Å²) in [6.07, 6.45) is 0. The van der Waals surface area contributed by atoms with Crippen molar-refractivity contribution in [3.05, 3.63) is 53.6 Å². The van der Waals surface area contributed by atoms with E-state index in [4.69, 9.17) is 5.11 Å². The maximum atomic E-state index is 11.3. The molecule has 2 rings (SSSR count). The number of hydrogen-bond acceptors (Lipinski definition) is 3. The average molecular weight is 274 g/mol. The van der Waals surface area contributed by atoms with Crippen molar-refractivity contribution in [2.75, 3.05) is 0 Å². The lowest BCUT2D eigenvalue weighted by Crippen LogP contribution is -2.05. The first-order valence-corrected chi connectivity index (χ1v) is 5.85. The summed E-state index contributed by atoms with van der Waals surface area (Å²) in [6, 6.07) is 11.1. The fraction of sp³-hybridized carbons (Fsp3) is 0. The number of benzene rings is 2. The second kappa shape index (κ2) is 5.16. The molecule has 2 N–H and O–H groups in total. The van der Waals surface area contributed by atoms with Crippen LogP contribution in [0.15, 0.2) is 47.4 Å². The zero-order valence-electron chi connectivity index (χ0n) is 9.70. The van der Waals surface area contributed by atoms with Gasteiger partial charge in [-0.25, -0.2) is 9.59 Å². The van der Waals surface area contributed by atoms with Gasteiger partial charge in [0.2, 0.25) is 0 Å². The van der Waals surface area contributed by atoms with Crippen molar-refractivity contribution in [2.24, 2.45) is 0 Å². The van der Waals surface area contributed by atoms with E-state index in [2.05, 4.69) is 12.6 Å². The van der Waals surface area contributed by atoms with E-state index in [0.29, 0.717) is 16.0 Å². The minimum Gasteiger partial charge on any atom is -0.478 e. The maximum absolute atomic E-state index is 11.3. The molecule has 2 aromatic rings. The lowest BCUT2D eigenvalue weighted by atomic mass is 9.95. The van der Waals surface area contributed by atoms with E-state index < -0.39 is 11.9 Å². The molecule has 5 heteroatoms. The van der Waals surface area contributed by atoms with Crippen LogP contribution in [0.2, 0.25) is 0 Å². The Kier molecular flexibility index (Phi) is 3.57. The minimum absolute atomic E-state index is 0.000432. The van der Waals surface area contributed by atoms with Crippen molar-refractivity contribution >= 4 is 24.6 Å². The predicted octanol–water partition coefficient (Wildman–Crippen LogP) is 3.04. The van der Waals surface area contributed by atoms with Gasteiger partial charge < -0.3 is 10.2 Å². The van der Waals surface area contributed by atoms with E-state index in [1.807, 2.05) is 0 Å². The fourth-order valence-electron chi connectivity index (χ4n) is 1.89. The van der Waals surface area contributed by atoms with Crippen LogP contribution in [0.4, 0.5) is 0 Å². The van der Waals surface area contributed by atoms with Gasteiger partial charge in [0.05, 0.1) is 11.1 Å². The summed E-state index contributed by atoms with van der Waals surface area (Å²) in [4.78, 5) is 22.8. The third-order valence-electron chi connectivity index (χ3n) is 2.70. The minimum atomic E-state index is -1.14. The number of rotatable bonds is 3. The van der Waals surface area contributed by atoms with E-state index in [1.54, 1.807) is 36.4 Å². The maximum Gasteiger partial charge on any atom is 0.337 e. The van der Waals surface area contributed by atoms with Crippen molar-refractivity contribution in [3.8, 4) is 11.1 Å². The summed E-state index contributed by atoms with van der Waals surface area (Å²) in [6.45, 7) is 0. The van der Waals surface area contributed by atoms with Gasteiger partial charge in [-0.2, -0.15) is 0 Å². The first-order chi connectivity index (χ1) is 9.02. The monoisotopic (exact) mass is 274 g/mol. The molecule has 0 aliphatic heterocycles. The highest BCUT2D eigenvalue weighted by molar-refractivity contribution is 7.80. The van der Waals surface area contributed by atoms with Crippen LogP contribution in [0.25, 0.3) is 11.1 Å². The molecule has 0 aliphatic carbocycles. The fourth-order valence-corrected chi connectivity index (χ4v) is 2.20. The molecule has 0 radical (unpaired) electrons. The van der Waals surface area contributed by atoms with Crippen molar-refractivity contribution < 1.29 is 19.8 Å². The molecule has 0 saturated heterocycles. The molecule has 0 aliphatic rings. The Hall–Kier alpha value is -2.27. The van der Waals surface area contributed by atoms with Crippen molar-refractivity contribution in [1.82, 2.24) is 0 Å². The lowest BCUT2D eigenvalue weighted by Gasteiger charge is -2.11. The Morgan fingerprint density at radius 2 is 1.47 bits per heavy atom. The van der Waals surface area contributed by atoms with Gasteiger partial charge in [-0.1, -0.05) is 30.3 Å². The third kappa shape index (κ3) is 2.46. The normalized spacial score (nSPS) is 10.2. The van der Waals surface area contributed by atoms with Gasteiger partial charge >= 0.3 is 11.9 Å². The summed E-state index contributed by atoms with van der Waals surface area (Å²) >= 11 is 4.11. The smallest absolute Gasteiger partial charge is 0.337 e. The van der Waals surface area contributed by atoms with Crippen molar-refractivity contribution in [2.45, 2.75) is 4.90 Å². The number of carboxylic acid groups (broad SMARTS) is 2. The first-order valence-electron chi connectivity index (χ1n) is 5.40. The van der Waals surface area contributed by atoms with Crippen LogP contribution in [0.5, 0.6) is 0 Å². The van der Waals surface area contributed by atoms with Gasteiger partial charge in [-0.15, -0.1) is 12.6 Å². The molecule has 19 heavy (non-hydrogen) atoms. The molecule has 0 unspecified atom stereocenters. The summed E-state index contributed by atoms with van der Waals surface area (Å²) < 4.78 is 0. The number of thiol groups is 1. The van der Waals surface area contributed by atoms with Gasteiger partial charge in [0, 0.05) is 4.90 Å². The van der Waals surface area contributed by atoms with Crippen LogP contribution in [0, 0.1) is 0 Å². The summed E-state index contributed by atoms with van der Waals surface area (Å²) in [5, 5.41) is 18.4. The molecule has 0 fully saturated rings. The second-order valence-corrected chi connectivity index (χ2v) is 4.34. The Morgan fingerprint density at radius 1 is 0.842 bits per heavy atom. The van der Waals surface area contributed by atoms with E-state index in [1.165, 1.54) is 6.07 Å². The Labute approximate surface area is 114 Å². The molecule has 0 bridgehead atoms. The van der Waals surface area contributed by atoms with Crippen LogP contribution in [0.3, 0.4) is 0 Å². The van der Waals surface area contributed by atoms with Gasteiger partial charge in [0.15, 0.2) is 0 Å². The van der Waals surface area contributed by atoms with Gasteiger partial charge in [0.1, 0.15) is 0 Å². The Bertz CT molecular complexity index is 664. The van der Waals surface area contributed by atoms with Gasteiger partial charge in [-0.05, 0) is 23.3 Å². The average Bonchev–Trinajstić information content (AvgIpc) is 2.37. The molecule has 0 heterocycles. The van der Waals surface area contributed by atoms with Crippen LogP contribution < -0.4 is 0 Å². The number of carbonyl (C=O) groups is 2. The highest BCUT2D eigenvalue weighted by Crippen LogP contribution is 2.30. The zero-order valence-corrected chi connectivity index (χ0v) is 10.6. The summed E-state index contributed by atoms with van der Waals surface area (Å²) in [5.41, 5.74) is 0.768. The number of aromatic carboxylic acids is 2. The first kappa shape index (κ1) is 13.2. The summed E-state index contributed by atoms with van der Waals surface area (Å²) in [5.74, 6) is -2.24. The Balaban J connectivity index is 2.76. The molecular formula is C14H10O4S. The molecule has 0 spiro atoms. The quantitative estimate of drug-likeness (QED) is 0.752. The SMILES string of the molecule is O=C(O)c1ccccc1-c1cccc(S)c1C(=O)O. The van der Waals surface area contributed by atoms with E-state index >= 15 is 0 Å².